The number of benzene rings is 1. The highest BCUT2D eigenvalue weighted by atomic mass is 16.6. The first-order valence-electron chi connectivity index (χ1n) is 6.99. The summed E-state index contributed by atoms with van der Waals surface area (Å²) in [6.45, 7) is 2.23. The van der Waals surface area contributed by atoms with E-state index in [1.165, 1.54) is 0 Å². The average Bonchev–Trinajstić information content (AvgIpc) is 2.79. The molecular weight excluding hydrogens is 270 g/mol. The van der Waals surface area contributed by atoms with Gasteiger partial charge < -0.3 is 19.9 Å². The van der Waals surface area contributed by atoms with E-state index in [1.807, 2.05) is 24.3 Å². The molecule has 0 bridgehead atoms. The lowest BCUT2D eigenvalue weighted by Crippen LogP contribution is -2.27. The lowest BCUT2D eigenvalue weighted by molar-refractivity contribution is -0.140. The van der Waals surface area contributed by atoms with E-state index in [9.17, 15) is 9.90 Å². The Hall–Kier alpha value is -1.85. The zero-order valence-electron chi connectivity index (χ0n) is 12.3. The van der Waals surface area contributed by atoms with Crippen molar-refractivity contribution in [3.05, 3.63) is 42.0 Å². The van der Waals surface area contributed by atoms with Crippen LogP contribution in [0.2, 0.25) is 0 Å². The lowest BCUT2D eigenvalue weighted by Gasteiger charge is -2.17. The second-order valence-electron chi connectivity index (χ2n) is 5.16. The zero-order chi connectivity index (χ0) is 15.2. The number of ether oxygens (including phenoxy) is 2. The summed E-state index contributed by atoms with van der Waals surface area (Å²) in [5.74, 6) is -0.233. The maximum absolute atomic E-state index is 11.5. The molecule has 1 saturated heterocycles. The van der Waals surface area contributed by atoms with Gasteiger partial charge in [0.15, 0.2) is 0 Å². The van der Waals surface area contributed by atoms with Crippen LogP contribution < -0.4 is 5.32 Å². The molecule has 1 heterocycles. The van der Waals surface area contributed by atoms with E-state index in [2.05, 4.69) is 5.32 Å². The maximum Gasteiger partial charge on any atom is 0.308 e. The number of carbonyl (C=O) groups is 1. The summed E-state index contributed by atoms with van der Waals surface area (Å²) in [5, 5.41) is 12.6. The highest BCUT2D eigenvalue weighted by Gasteiger charge is 2.32. The van der Waals surface area contributed by atoms with Crippen molar-refractivity contribution in [1.82, 2.24) is 0 Å². The minimum absolute atomic E-state index is 0.124. The number of hydrogen-bond acceptors (Lipinski definition) is 5. The molecule has 1 aliphatic heterocycles. The first-order valence-corrected chi connectivity index (χ1v) is 6.99. The lowest BCUT2D eigenvalue weighted by atomic mass is 10.1. The smallest absolute Gasteiger partial charge is 0.308 e. The summed E-state index contributed by atoms with van der Waals surface area (Å²) in [6, 6.07) is 7.73. The molecule has 3 atom stereocenters. The molecule has 1 aromatic carbocycles. The molecule has 2 N–H and O–H groups in total. The van der Waals surface area contributed by atoms with Crippen LogP contribution in [0.1, 0.15) is 18.9 Å². The molecule has 114 valence electrons. The summed E-state index contributed by atoms with van der Waals surface area (Å²) < 4.78 is 10.3. The third kappa shape index (κ3) is 4.58. The van der Waals surface area contributed by atoms with Gasteiger partial charge in [0.1, 0.15) is 6.10 Å². The molecule has 5 nitrogen and oxygen atoms in total. The van der Waals surface area contributed by atoms with Crippen LogP contribution in [-0.4, -0.2) is 36.4 Å². The Bertz CT molecular complexity index is 496. The minimum atomic E-state index is -0.557. The van der Waals surface area contributed by atoms with E-state index < -0.39 is 6.10 Å². The largest absolute Gasteiger partial charge is 0.456 e. The van der Waals surface area contributed by atoms with Crippen LogP contribution in [0.5, 0.6) is 0 Å². The molecule has 0 saturated carbocycles. The number of anilines is 1. The number of hydrogen-bond donors (Lipinski definition) is 2. The highest BCUT2D eigenvalue weighted by Crippen LogP contribution is 2.22. The Kier molecular flexibility index (Phi) is 5.36. The molecule has 0 aliphatic carbocycles. The Labute approximate surface area is 124 Å². The number of esters is 1. The van der Waals surface area contributed by atoms with Gasteiger partial charge in [-0.1, -0.05) is 18.2 Å². The number of aliphatic hydroxyl groups excluding tert-OH is 1. The van der Waals surface area contributed by atoms with Crippen molar-refractivity contribution in [3.8, 4) is 0 Å². The van der Waals surface area contributed by atoms with Crippen LogP contribution in [0.3, 0.4) is 0 Å². The van der Waals surface area contributed by atoms with E-state index in [0.717, 1.165) is 11.3 Å². The van der Waals surface area contributed by atoms with E-state index in [1.54, 1.807) is 26.2 Å². The van der Waals surface area contributed by atoms with E-state index in [4.69, 9.17) is 9.47 Å². The van der Waals surface area contributed by atoms with E-state index in [-0.39, 0.29) is 18.1 Å². The van der Waals surface area contributed by atoms with Gasteiger partial charge in [-0.25, -0.2) is 0 Å². The number of methoxy groups -OCH3 is 1. The van der Waals surface area contributed by atoms with Crippen molar-refractivity contribution in [2.24, 2.45) is 0 Å². The van der Waals surface area contributed by atoms with Crippen LogP contribution in [0.25, 0.3) is 0 Å². The number of cyclic esters (lactones) is 1. The number of nitrogens with one attached hydrogen (secondary N) is 1. The van der Waals surface area contributed by atoms with Gasteiger partial charge in [-0.2, -0.15) is 0 Å². The predicted octanol–water partition coefficient (Wildman–Crippen LogP) is 1.87. The van der Waals surface area contributed by atoms with E-state index in [0.29, 0.717) is 13.0 Å². The highest BCUT2D eigenvalue weighted by molar-refractivity contribution is 5.74. The Morgan fingerprint density at radius 1 is 1.48 bits per heavy atom. The third-order valence-corrected chi connectivity index (χ3v) is 3.25. The van der Waals surface area contributed by atoms with Crippen LogP contribution in [0.15, 0.2) is 36.4 Å². The van der Waals surface area contributed by atoms with Gasteiger partial charge in [-0.15, -0.1) is 0 Å². The Balaban J connectivity index is 2.00. The second kappa shape index (κ2) is 7.24. The van der Waals surface area contributed by atoms with Gasteiger partial charge in [0, 0.05) is 12.8 Å². The molecule has 0 spiro atoms. The molecule has 1 aliphatic rings. The van der Waals surface area contributed by atoms with Crippen molar-refractivity contribution in [2.45, 2.75) is 38.2 Å². The second-order valence-corrected chi connectivity index (χ2v) is 5.16. The van der Waals surface area contributed by atoms with Gasteiger partial charge >= 0.3 is 5.97 Å². The molecule has 0 unspecified atom stereocenters. The fourth-order valence-corrected chi connectivity index (χ4v) is 2.23. The quantitative estimate of drug-likeness (QED) is 0.618. The standard InChI is InChI=1S/C16H21NO4/c1-11(18)3-8-15-14(9-16(19)21-15)17-13-6-4-12(5-7-13)10-20-2/h3-8,11,14-15,17-18H,9-10H2,1-2H3/t11-,14-,15-/m0/s1. The molecular formula is C16H21NO4. The summed E-state index contributed by atoms with van der Waals surface area (Å²) in [6.07, 6.45) is 2.75. The molecule has 5 heteroatoms. The molecule has 21 heavy (non-hydrogen) atoms. The van der Waals surface area contributed by atoms with Gasteiger partial charge in [0.25, 0.3) is 0 Å². The van der Waals surface area contributed by atoms with Crippen LogP contribution in [0, 0.1) is 0 Å². The third-order valence-electron chi connectivity index (χ3n) is 3.25. The minimum Gasteiger partial charge on any atom is -0.456 e. The van der Waals surface area contributed by atoms with Crippen molar-refractivity contribution < 1.29 is 19.4 Å². The van der Waals surface area contributed by atoms with Crippen LogP contribution in [-0.2, 0) is 20.9 Å². The topological polar surface area (TPSA) is 67.8 Å². The number of aliphatic hydroxyl groups is 1. The zero-order valence-corrected chi connectivity index (χ0v) is 12.3. The van der Waals surface area contributed by atoms with Crippen molar-refractivity contribution >= 4 is 11.7 Å². The van der Waals surface area contributed by atoms with Crippen molar-refractivity contribution in [2.75, 3.05) is 12.4 Å². The van der Waals surface area contributed by atoms with E-state index >= 15 is 0 Å². The average molecular weight is 291 g/mol. The van der Waals surface area contributed by atoms with Crippen molar-refractivity contribution in [3.63, 3.8) is 0 Å². The molecule has 1 fully saturated rings. The fourth-order valence-electron chi connectivity index (χ4n) is 2.23. The van der Waals surface area contributed by atoms with Crippen LogP contribution >= 0.6 is 0 Å². The maximum atomic E-state index is 11.5. The molecule has 0 aromatic heterocycles. The van der Waals surface area contributed by atoms with Gasteiger partial charge in [-0.05, 0) is 30.7 Å². The molecule has 2 rings (SSSR count). The molecule has 0 radical (unpaired) electrons. The fraction of sp³-hybridized carbons (Fsp3) is 0.438. The summed E-state index contributed by atoms with van der Waals surface area (Å²) in [4.78, 5) is 11.5. The number of rotatable bonds is 6. The first-order chi connectivity index (χ1) is 10.1. The normalized spacial score (nSPS) is 23.3. The summed E-state index contributed by atoms with van der Waals surface area (Å²) in [5.41, 5.74) is 2.01. The van der Waals surface area contributed by atoms with Gasteiger partial charge in [-0.3, -0.25) is 4.79 Å². The monoisotopic (exact) mass is 291 g/mol. The van der Waals surface area contributed by atoms with Crippen LogP contribution in [0.4, 0.5) is 5.69 Å². The SMILES string of the molecule is COCc1ccc(N[C@H]2CC(=O)O[C@H]2C=C[C@H](C)O)cc1. The Morgan fingerprint density at radius 3 is 2.81 bits per heavy atom. The van der Waals surface area contributed by atoms with Crippen molar-refractivity contribution in [1.29, 1.82) is 0 Å². The van der Waals surface area contributed by atoms with Gasteiger partial charge in [0.2, 0.25) is 0 Å². The van der Waals surface area contributed by atoms with Gasteiger partial charge in [0.05, 0.1) is 25.2 Å². The Morgan fingerprint density at radius 2 is 2.19 bits per heavy atom. The number of carbonyl (C=O) groups excluding carboxylic acids is 1. The first kappa shape index (κ1) is 15.5. The summed E-state index contributed by atoms with van der Waals surface area (Å²) >= 11 is 0. The summed E-state index contributed by atoms with van der Waals surface area (Å²) in [7, 11) is 1.66. The predicted molar refractivity (Wildman–Crippen MR) is 79.9 cm³/mol. The molecule has 1 aromatic rings. The molecule has 0 amide bonds.